The largest absolute Gasteiger partial charge is 0.356 e. The summed E-state index contributed by atoms with van der Waals surface area (Å²) in [5, 5.41) is 0. The molecule has 0 aliphatic carbocycles. The fourth-order valence-electron chi connectivity index (χ4n) is 4.81. The van der Waals surface area contributed by atoms with Crippen LogP contribution in [0.15, 0.2) is 12.4 Å². The smallest absolute Gasteiger partial charge is 0.101 e. The van der Waals surface area contributed by atoms with Crippen molar-refractivity contribution in [1.29, 1.82) is 0 Å². The van der Waals surface area contributed by atoms with E-state index in [0.717, 1.165) is 0 Å². The molecule has 0 radical (unpaired) electrons. The molecule has 0 saturated heterocycles. The van der Waals surface area contributed by atoms with Crippen LogP contribution < -0.4 is 0 Å². The van der Waals surface area contributed by atoms with Gasteiger partial charge in [0.15, 0.2) is 0 Å². The standard InChI is InChI=1S/C28H56N2/c1-4-7-9-11-13-14-15-16-17-18-20-22-25-30-27-26-29(28(30)23-6-3)24-21-19-12-10-8-5-2/h26-28H,4-25H2,1-3H3. The second-order valence-electron chi connectivity index (χ2n) is 9.70. The summed E-state index contributed by atoms with van der Waals surface area (Å²) in [6, 6.07) is 0. The van der Waals surface area contributed by atoms with Crippen LogP contribution in [-0.4, -0.2) is 29.1 Å². The van der Waals surface area contributed by atoms with E-state index in [0.29, 0.717) is 6.17 Å². The molecule has 0 saturated carbocycles. The lowest BCUT2D eigenvalue weighted by molar-refractivity contribution is 0.138. The molecule has 0 N–H and O–H groups in total. The van der Waals surface area contributed by atoms with Crippen molar-refractivity contribution in [2.75, 3.05) is 13.1 Å². The summed E-state index contributed by atoms with van der Waals surface area (Å²) in [4.78, 5) is 5.26. The fraction of sp³-hybridized carbons (Fsp3) is 0.929. The monoisotopic (exact) mass is 420 g/mol. The Kier molecular flexibility index (Phi) is 18.5. The highest BCUT2D eigenvalue weighted by Crippen LogP contribution is 2.22. The van der Waals surface area contributed by atoms with Gasteiger partial charge in [-0.1, -0.05) is 130 Å². The SMILES string of the molecule is CCCCCCCCCCCCCCN1C=CN(CCCCCCCC)C1CCC. The summed E-state index contributed by atoms with van der Waals surface area (Å²) < 4.78 is 0. The summed E-state index contributed by atoms with van der Waals surface area (Å²) in [6.07, 6.45) is 33.6. The van der Waals surface area contributed by atoms with Crippen molar-refractivity contribution in [3.05, 3.63) is 12.4 Å². The first-order valence-electron chi connectivity index (χ1n) is 14.0. The molecule has 2 heteroatoms. The van der Waals surface area contributed by atoms with Gasteiger partial charge in [0.1, 0.15) is 6.17 Å². The van der Waals surface area contributed by atoms with E-state index in [1.807, 2.05) is 0 Å². The van der Waals surface area contributed by atoms with Gasteiger partial charge in [-0.2, -0.15) is 0 Å². The first-order valence-corrected chi connectivity index (χ1v) is 14.0. The molecule has 1 rings (SSSR count). The van der Waals surface area contributed by atoms with Crippen LogP contribution in [-0.2, 0) is 0 Å². The van der Waals surface area contributed by atoms with Crippen molar-refractivity contribution in [3.8, 4) is 0 Å². The van der Waals surface area contributed by atoms with Crippen LogP contribution >= 0.6 is 0 Å². The minimum atomic E-state index is 0.637. The third kappa shape index (κ3) is 13.6. The Labute approximate surface area is 190 Å². The summed E-state index contributed by atoms with van der Waals surface area (Å²) in [7, 11) is 0. The number of rotatable bonds is 22. The highest BCUT2D eigenvalue weighted by atomic mass is 15.4. The van der Waals surface area contributed by atoms with E-state index in [1.54, 1.807) is 0 Å². The topological polar surface area (TPSA) is 6.48 Å². The highest BCUT2D eigenvalue weighted by molar-refractivity contribution is 4.96. The van der Waals surface area contributed by atoms with E-state index in [9.17, 15) is 0 Å². The van der Waals surface area contributed by atoms with Gasteiger partial charge in [-0.3, -0.25) is 0 Å². The van der Waals surface area contributed by atoms with Gasteiger partial charge in [-0.05, 0) is 19.3 Å². The Balaban J connectivity index is 2.03. The van der Waals surface area contributed by atoms with Crippen molar-refractivity contribution in [3.63, 3.8) is 0 Å². The number of nitrogens with zero attached hydrogens (tertiary/aromatic N) is 2. The first-order chi connectivity index (χ1) is 14.8. The molecule has 0 spiro atoms. The van der Waals surface area contributed by atoms with E-state index >= 15 is 0 Å². The van der Waals surface area contributed by atoms with Crippen LogP contribution in [0, 0.1) is 0 Å². The molecule has 0 bridgehead atoms. The predicted molar refractivity (Wildman–Crippen MR) is 136 cm³/mol. The molecule has 1 aliphatic rings. The number of unbranched alkanes of at least 4 members (excludes halogenated alkanes) is 16. The molecule has 0 aromatic rings. The molecule has 1 heterocycles. The molecule has 0 aromatic heterocycles. The van der Waals surface area contributed by atoms with Gasteiger partial charge < -0.3 is 9.80 Å². The maximum absolute atomic E-state index is 2.64. The third-order valence-electron chi connectivity index (χ3n) is 6.80. The van der Waals surface area contributed by atoms with Crippen LogP contribution in [0.2, 0.25) is 0 Å². The predicted octanol–water partition coefficient (Wildman–Crippen LogP) is 9.26. The molecular formula is C28H56N2. The second-order valence-corrected chi connectivity index (χ2v) is 9.70. The average Bonchev–Trinajstić information content (AvgIpc) is 3.13. The Morgan fingerprint density at radius 1 is 0.433 bits per heavy atom. The van der Waals surface area contributed by atoms with E-state index in [4.69, 9.17) is 0 Å². The third-order valence-corrected chi connectivity index (χ3v) is 6.80. The minimum Gasteiger partial charge on any atom is -0.356 e. The summed E-state index contributed by atoms with van der Waals surface area (Å²) >= 11 is 0. The lowest BCUT2D eigenvalue weighted by atomic mass is 10.1. The second kappa shape index (κ2) is 20.3. The molecule has 0 aromatic carbocycles. The average molecular weight is 421 g/mol. The molecular weight excluding hydrogens is 364 g/mol. The van der Waals surface area contributed by atoms with Gasteiger partial charge >= 0.3 is 0 Å². The lowest BCUT2D eigenvalue weighted by Crippen LogP contribution is -2.39. The molecule has 1 aliphatic heterocycles. The van der Waals surface area contributed by atoms with Gasteiger partial charge in [0, 0.05) is 25.5 Å². The quantitative estimate of drug-likeness (QED) is 0.161. The van der Waals surface area contributed by atoms with Crippen molar-refractivity contribution in [2.24, 2.45) is 0 Å². The van der Waals surface area contributed by atoms with Gasteiger partial charge in [-0.15, -0.1) is 0 Å². The minimum absolute atomic E-state index is 0.637. The summed E-state index contributed by atoms with van der Waals surface area (Å²) in [5.74, 6) is 0. The zero-order valence-corrected chi connectivity index (χ0v) is 21.2. The molecule has 2 nitrogen and oxygen atoms in total. The highest BCUT2D eigenvalue weighted by Gasteiger charge is 2.24. The van der Waals surface area contributed by atoms with Gasteiger partial charge in [-0.25, -0.2) is 0 Å². The maximum Gasteiger partial charge on any atom is 0.101 e. The van der Waals surface area contributed by atoms with Crippen molar-refractivity contribution in [1.82, 2.24) is 9.80 Å². The molecule has 30 heavy (non-hydrogen) atoms. The first kappa shape index (κ1) is 27.4. The fourth-order valence-corrected chi connectivity index (χ4v) is 4.81. The number of hydrogen-bond donors (Lipinski definition) is 0. The van der Waals surface area contributed by atoms with Gasteiger partial charge in [0.05, 0.1) is 0 Å². The zero-order valence-electron chi connectivity index (χ0n) is 21.2. The lowest BCUT2D eigenvalue weighted by Gasteiger charge is -2.33. The number of hydrogen-bond acceptors (Lipinski definition) is 2. The van der Waals surface area contributed by atoms with Crippen LogP contribution in [0.1, 0.15) is 149 Å². The Morgan fingerprint density at radius 3 is 1.10 bits per heavy atom. The van der Waals surface area contributed by atoms with E-state index in [-0.39, 0.29) is 0 Å². The van der Waals surface area contributed by atoms with Crippen LogP contribution in [0.3, 0.4) is 0 Å². The maximum atomic E-state index is 2.64. The molecule has 1 unspecified atom stereocenters. The van der Waals surface area contributed by atoms with E-state index in [2.05, 4.69) is 43.0 Å². The van der Waals surface area contributed by atoms with E-state index in [1.165, 1.54) is 142 Å². The van der Waals surface area contributed by atoms with Crippen LogP contribution in [0.5, 0.6) is 0 Å². The molecule has 178 valence electrons. The Hall–Kier alpha value is -0.660. The molecule has 0 amide bonds. The van der Waals surface area contributed by atoms with Crippen LogP contribution in [0.4, 0.5) is 0 Å². The Morgan fingerprint density at radius 2 is 0.767 bits per heavy atom. The molecule has 0 fully saturated rings. The zero-order chi connectivity index (χ0) is 21.7. The normalized spacial score (nSPS) is 16.2. The van der Waals surface area contributed by atoms with E-state index < -0.39 is 0 Å². The Bertz CT molecular complexity index is 379. The van der Waals surface area contributed by atoms with Gasteiger partial charge in [0.25, 0.3) is 0 Å². The molecule has 1 atom stereocenters. The van der Waals surface area contributed by atoms with Gasteiger partial charge in [0.2, 0.25) is 0 Å². The van der Waals surface area contributed by atoms with Crippen LogP contribution in [0.25, 0.3) is 0 Å². The van der Waals surface area contributed by atoms with Crippen molar-refractivity contribution >= 4 is 0 Å². The summed E-state index contributed by atoms with van der Waals surface area (Å²) in [6.45, 7) is 9.45. The van der Waals surface area contributed by atoms with Crippen molar-refractivity contribution in [2.45, 2.75) is 155 Å². The summed E-state index contributed by atoms with van der Waals surface area (Å²) in [5.41, 5.74) is 0. The van der Waals surface area contributed by atoms with Crippen molar-refractivity contribution < 1.29 is 0 Å².